The number of aliphatic hydroxyl groups excluding tert-OH is 4. The SMILES string of the molecule is COc1cccc(Cc2cn([C@@H]3O[C@H](CO)[C@@H](O)[C@H](O)[C@H]3O)c3ccccc23)c1. The van der Waals surface area contributed by atoms with E-state index in [2.05, 4.69) is 0 Å². The first-order valence-electron chi connectivity index (χ1n) is 9.55. The van der Waals surface area contributed by atoms with Crippen molar-refractivity contribution in [3.63, 3.8) is 0 Å². The largest absolute Gasteiger partial charge is 0.497 e. The Morgan fingerprint density at radius 3 is 2.55 bits per heavy atom. The van der Waals surface area contributed by atoms with Crippen molar-refractivity contribution >= 4 is 10.9 Å². The number of hydrogen-bond acceptors (Lipinski definition) is 6. The molecule has 4 N–H and O–H groups in total. The summed E-state index contributed by atoms with van der Waals surface area (Å²) in [7, 11) is 1.63. The molecule has 7 nitrogen and oxygen atoms in total. The summed E-state index contributed by atoms with van der Waals surface area (Å²) >= 11 is 0. The van der Waals surface area contributed by atoms with E-state index in [4.69, 9.17) is 9.47 Å². The van der Waals surface area contributed by atoms with E-state index in [9.17, 15) is 20.4 Å². The van der Waals surface area contributed by atoms with Crippen LogP contribution in [0, 0.1) is 0 Å². The van der Waals surface area contributed by atoms with Gasteiger partial charge in [0.15, 0.2) is 6.23 Å². The smallest absolute Gasteiger partial charge is 0.163 e. The maximum atomic E-state index is 10.5. The van der Waals surface area contributed by atoms with Gasteiger partial charge in [0.1, 0.15) is 30.2 Å². The van der Waals surface area contributed by atoms with Gasteiger partial charge in [-0.25, -0.2) is 0 Å². The minimum Gasteiger partial charge on any atom is -0.497 e. The molecule has 0 radical (unpaired) electrons. The number of aromatic nitrogens is 1. The van der Waals surface area contributed by atoms with Gasteiger partial charge in [-0.1, -0.05) is 30.3 Å². The average molecular weight is 399 g/mol. The highest BCUT2D eigenvalue weighted by Crippen LogP contribution is 2.34. The lowest BCUT2D eigenvalue weighted by molar-refractivity contribution is -0.250. The molecule has 7 heteroatoms. The van der Waals surface area contributed by atoms with Gasteiger partial charge in [0, 0.05) is 11.6 Å². The van der Waals surface area contributed by atoms with Crippen molar-refractivity contribution in [2.24, 2.45) is 0 Å². The second-order valence-electron chi connectivity index (χ2n) is 7.33. The topological polar surface area (TPSA) is 104 Å². The van der Waals surface area contributed by atoms with Crippen molar-refractivity contribution in [2.75, 3.05) is 13.7 Å². The summed E-state index contributed by atoms with van der Waals surface area (Å²) in [5, 5.41) is 41.3. The quantitative estimate of drug-likeness (QED) is 0.514. The van der Waals surface area contributed by atoms with Crippen LogP contribution in [0.2, 0.25) is 0 Å². The molecular weight excluding hydrogens is 374 g/mol. The number of nitrogens with zero attached hydrogens (tertiary/aromatic N) is 1. The zero-order chi connectivity index (χ0) is 20.5. The first-order valence-corrected chi connectivity index (χ1v) is 9.55. The highest BCUT2D eigenvalue weighted by atomic mass is 16.6. The van der Waals surface area contributed by atoms with Crippen LogP contribution in [0.5, 0.6) is 5.75 Å². The van der Waals surface area contributed by atoms with E-state index in [1.807, 2.05) is 54.7 Å². The molecule has 0 unspecified atom stereocenters. The Balaban J connectivity index is 1.74. The first kappa shape index (κ1) is 19.9. The third-order valence-corrected chi connectivity index (χ3v) is 5.49. The summed E-state index contributed by atoms with van der Waals surface area (Å²) < 4.78 is 12.8. The van der Waals surface area contributed by atoms with E-state index in [0.717, 1.165) is 27.8 Å². The number of benzene rings is 2. The molecule has 1 saturated heterocycles. The Bertz CT molecular complexity index is 984. The minimum absolute atomic E-state index is 0.461. The Kier molecular flexibility index (Phi) is 5.58. The predicted octanol–water partition coefficient (Wildman–Crippen LogP) is 1.21. The Morgan fingerprint density at radius 1 is 1.00 bits per heavy atom. The standard InChI is InChI=1S/C22H25NO6/c1-28-15-6-4-5-13(10-15)9-14-11-23(17-8-3-2-7-16(14)17)22-21(27)20(26)19(25)18(12-24)29-22/h2-8,10-11,18-22,24-27H,9,12H2,1H3/t18-,19-,20+,21-,22-/m1/s1. The van der Waals surface area contributed by atoms with Gasteiger partial charge in [0.25, 0.3) is 0 Å². The zero-order valence-corrected chi connectivity index (χ0v) is 16.0. The fourth-order valence-electron chi connectivity index (χ4n) is 3.94. The molecule has 2 heterocycles. The summed E-state index contributed by atoms with van der Waals surface area (Å²) in [5.41, 5.74) is 2.92. The van der Waals surface area contributed by atoms with Crippen molar-refractivity contribution in [2.45, 2.75) is 37.1 Å². The fourth-order valence-corrected chi connectivity index (χ4v) is 3.94. The van der Waals surface area contributed by atoms with Crippen molar-refractivity contribution in [1.82, 2.24) is 4.57 Å². The molecule has 0 bridgehead atoms. The molecule has 1 aliphatic rings. The molecule has 1 aliphatic heterocycles. The molecule has 0 aliphatic carbocycles. The van der Waals surface area contributed by atoms with Crippen LogP contribution in [0.15, 0.2) is 54.7 Å². The van der Waals surface area contributed by atoms with Gasteiger partial charge in [0.05, 0.1) is 19.2 Å². The van der Waals surface area contributed by atoms with Crippen LogP contribution < -0.4 is 4.74 Å². The summed E-state index contributed by atoms with van der Waals surface area (Å²) in [5.74, 6) is 0.778. The number of methoxy groups -OCH3 is 1. The van der Waals surface area contributed by atoms with Crippen LogP contribution >= 0.6 is 0 Å². The Hall–Kier alpha value is -2.42. The zero-order valence-electron chi connectivity index (χ0n) is 16.0. The average Bonchev–Trinajstić information content (AvgIpc) is 3.11. The maximum absolute atomic E-state index is 10.5. The van der Waals surface area contributed by atoms with E-state index < -0.39 is 37.3 Å². The van der Waals surface area contributed by atoms with Crippen molar-refractivity contribution < 1.29 is 29.9 Å². The van der Waals surface area contributed by atoms with Crippen LogP contribution in [-0.2, 0) is 11.2 Å². The van der Waals surface area contributed by atoms with Gasteiger partial charge >= 0.3 is 0 Å². The molecule has 0 saturated carbocycles. The number of hydrogen-bond donors (Lipinski definition) is 4. The van der Waals surface area contributed by atoms with Crippen molar-refractivity contribution in [3.8, 4) is 5.75 Å². The molecule has 2 aromatic carbocycles. The third kappa shape index (κ3) is 3.63. The number of rotatable bonds is 5. The third-order valence-electron chi connectivity index (χ3n) is 5.49. The van der Waals surface area contributed by atoms with E-state index in [1.54, 1.807) is 11.7 Å². The van der Waals surface area contributed by atoms with Gasteiger partial charge in [-0.3, -0.25) is 0 Å². The molecule has 5 atom stereocenters. The maximum Gasteiger partial charge on any atom is 0.163 e. The molecule has 1 aromatic heterocycles. The molecule has 29 heavy (non-hydrogen) atoms. The van der Waals surface area contributed by atoms with E-state index in [-0.39, 0.29) is 0 Å². The normalized spacial score (nSPS) is 27.3. The number of aliphatic hydroxyl groups is 4. The van der Waals surface area contributed by atoms with E-state index in [1.165, 1.54) is 0 Å². The molecule has 1 fully saturated rings. The Labute approximate surface area is 168 Å². The lowest BCUT2D eigenvalue weighted by Crippen LogP contribution is -2.56. The van der Waals surface area contributed by atoms with Gasteiger partial charge in [-0.15, -0.1) is 0 Å². The van der Waals surface area contributed by atoms with E-state index >= 15 is 0 Å². The number of para-hydroxylation sites is 1. The van der Waals surface area contributed by atoms with Gasteiger partial charge in [-0.05, 0) is 35.7 Å². The van der Waals surface area contributed by atoms with Crippen LogP contribution in [0.4, 0.5) is 0 Å². The lowest BCUT2D eigenvalue weighted by Gasteiger charge is -2.40. The van der Waals surface area contributed by atoms with Gasteiger partial charge in [0.2, 0.25) is 0 Å². The second kappa shape index (κ2) is 8.14. The number of fused-ring (bicyclic) bond motifs is 1. The summed E-state index contributed by atoms with van der Waals surface area (Å²) in [6.45, 7) is -0.461. The molecular formula is C22H25NO6. The molecule has 0 amide bonds. The van der Waals surface area contributed by atoms with Crippen LogP contribution in [0.25, 0.3) is 10.9 Å². The monoisotopic (exact) mass is 399 g/mol. The van der Waals surface area contributed by atoms with Crippen molar-refractivity contribution in [3.05, 3.63) is 65.9 Å². The van der Waals surface area contributed by atoms with Gasteiger partial charge in [-0.2, -0.15) is 0 Å². The first-order chi connectivity index (χ1) is 14.0. The van der Waals surface area contributed by atoms with Crippen LogP contribution in [0.1, 0.15) is 17.4 Å². The minimum atomic E-state index is -1.42. The number of ether oxygens (including phenoxy) is 2. The van der Waals surface area contributed by atoms with Gasteiger partial charge < -0.3 is 34.5 Å². The van der Waals surface area contributed by atoms with E-state index in [0.29, 0.717) is 6.42 Å². The molecule has 0 spiro atoms. The highest BCUT2D eigenvalue weighted by Gasteiger charge is 2.44. The lowest BCUT2D eigenvalue weighted by atomic mass is 9.98. The van der Waals surface area contributed by atoms with Crippen molar-refractivity contribution in [1.29, 1.82) is 0 Å². The van der Waals surface area contributed by atoms with Crippen LogP contribution in [-0.4, -0.2) is 63.1 Å². The molecule has 154 valence electrons. The highest BCUT2D eigenvalue weighted by molar-refractivity contribution is 5.84. The summed E-state index contributed by atoms with van der Waals surface area (Å²) in [6, 6.07) is 15.5. The molecule has 4 rings (SSSR count). The van der Waals surface area contributed by atoms with Crippen LogP contribution in [0.3, 0.4) is 0 Å². The summed E-state index contributed by atoms with van der Waals surface area (Å²) in [6.07, 6.45) is -3.51. The molecule has 3 aromatic rings. The summed E-state index contributed by atoms with van der Waals surface area (Å²) in [4.78, 5) is 0. The Morgan fingerprint density at radius 2 is 1.79 bits per heavy atom. The fraction of sp³-hybridized carbons (Fsp3) is 0.364. The predicted molar refractivity (Wildman–Crippen MR) is 107 cm³/mol. The second-order valence-corrected chi connectivity index (χ2v) is 7.33.